The topological polar surface area (TPSA) is 65.9 Å². The molecule has 1 saturated heterocycles. The summed E-state index contributed by atoms with van der Waals surface area (Å²) in [6.07, 6.45) is 0. The van der Waals surface area contributed by atoms with Crippen LogP contribution < -0.4 is 5.56 Å². The summed E-state index contributed by atoms with van der Waals surface area (Å²) in [5.74, 6) is -0.259. The van der Waals surface area contributed by atoms with Gasteiger partial charge in [0.25, 0.3) is 11.5 Å². The molecule has 7 nitrogen and oxygen atoms in total. The summed E-state index contributed by atoms with van der Waals surface area (Å²) in [5.41, 5.74) is 1.69. The summed E-state index contributed by atoms with van der Waals surface area (Å²) in [4.78, 5) is 41.8. The first-order valence-corrected chi connectivity index (χ1v) is 7.66. The first-order chi connectivity index (χ1) is 10.7. The van der Waals surface area contributed by atoms with Crippen molar-refractivity contribution < 1.29 is 9.59 Å². The van der Waals surface area contributed by atoms with Crippen LogP contribution in [0.1, 0.15) is 21.6 Å². The molecular formula is C16H24N4O3. The summed E-state index contributed by atoms with van der Waals surface area (Å²) in [5, 5.41) is 0. The second kappa shape index (κ2) is 6.44. The van der Waals surface area contributed by atoms with E-state index in [1.54, 1.807) is 37.0 Å². The Morgan fingerprint density at radius 3 is 2.09 bits per heavy atom. The zero-order valence-electron chi connectivity index (χ0n) is 14.4. The van der Waals surface area contributed by atoms with Crippen LogP contribution in [-0.4, -0.2) is 71.5 Å². The van der Waals surface area contributed by atoms with E-state index in [0.29, 0.717) is 26.2 Å². The number of hydrogen-bond acceptors (Lipinski definition) is 3. The lowest BCUT2D eigenvalue weighted by Gasteiger charge is -2.36. The maximum absolute atomic E-state index is 12.6. The average Bonchev–Trinajstić information content (AvgIpc) is 2.55. The molecule has 1 aromatic rings. The van der Waals surface area contributed by atoms with E-state index in [1.165, 1.54) is 9.47 Å². The summed E-state index contributed by atoms with van der Waals surface area (Å²) >= 11 is 0. The van der Waals surface area contributed by atoms with Gasteiger partial charge in [-0.1, -0.05) is 0 Å². The van der Waals surface area contributed by atoms with Crippen molar-refractivity contribution in [3.63, 3.8) is 0 Å². The molecule has 0 radical (unpaired) electrons. The minimum atomic E-state index is -0.273. The summed E-state index contributed by atoms with van der Waals surface area (Å²) in [6, 6.07) is 1.61. The van der Waals surface area contributed by atoms with Crippen LogP contribution in [0.4, 0.5) is 4.79 Å². The van der Waals surface area contributed by atoms with Crippen molar-refractivity contribution in [2.24, 2.45) is 7.05 Å². The lowest BCUT2D eigenvalue weighted by atomic mass is 10.1. The quantitative estimate of drug-likeness (QED) is 0.754. The van der Waals surface area contributed by atoms with Gasteiger partial charge in [0.1, 0.15) is 5.56 Å². The molecule has 23 heavy (non-hydrogen) atoms. The lowest BCUT2D eigenvalue weighted by Crippen LogP contribution is -2.53. The van der Waals surface area contributed by atoms with Crippen LogP contribution in [0.25, 0.3) is 0 Å². The second-order valence-corrected chi connectivity index (χ2v) is 6.15. The van der Waals surface area contributed by atoms with Gasteiger partial charge in [-0.3, -0.25) is 9.59 Å². The number of urea groups is 1. The van der Waals surface area contributed by atoms with Crippen LogP contribution in [0.5, 0.6) is 0 Å². The Labute approximate surface area is 136 Å². The van der Waals surface area contributed by atoms with Crippen molar-refractivity contribution in [1.82, 2.24) is 19.3 Å². The molecule has 0 unspecified atom stereocenters. The lowest BCUT2D eigenvalue weighted by molar-refractivity contribution is 0.0648. The van der Waals surface area contributed by atoms with Crippen molar-refractivity contribution in [2.45, 2.75) is 13.8 Å². The molecule has 2 rings (SSSR count). The molecule has 0 bridgehead atoms. The van der Waals surface area contributed by atoms with E-state index in [4.69, 9.17) is 0 Å². The average molecular weight is 320 g/mol. The van der Waals surface area contributed by atoms with Gasteiger partial charge in [0.05, 0.1) is 0 Å². The number of rotatable bonds is 1. The van der Waals surface area contributed by atoms with Crippen LogP contribution in [0, 0.1) is 13.8 Å². The van der Waals surface area contributed by atoms with E-state index in [1.807, 2.05) is 13.8 Å². The maximum atomic E-state index is 12.6. The number of nitrogens with zero attached hydrogens (tertiary/aromatic N) is 4. The minimum absolute atomic E-state index is 0.0563. The molecule has 0 spiro atoms. The molecule has 1 aliphatic heterocycles. The Bertz CT molecular complexity index is 685. The summed E-state index contributed by atoms with van der Waals surface area (Å²) in [6.45, 7) is 5.58. The fourth-order valence-corrected chi connectivity index (χ4v) is 2.69. The van der Waals surface area contributed by atoms with Gasteiger partial charge >= 0.3 is 6.03 Å². The molecule has 1 fully saturated rings. The van der Waals surface area contributed by atoms with Gasteiger partial charge in [0.15, 0.2) is 0 Å². The molecule has 0 saturated carbocycles. The van der Waals surface area contributed by atoms with E-state index in [9.17, 15) is 14.4 Å². The van der Waals surface area contributed by atoms with Gasteiger partial charge < -0.3 is 19.3 Å². The van der Waals surface area contributed by atoms with Crippen molar-refractivity contribution in [2.75, 3.05) is 40.3 Å². The molecule has 1 aliphatic rings. The highest BCUT2D eigenvalue weighted by atomic mass is 16.2. The Kier molecular flexibility index (Phi) is 4.77. The van der Waals surface area contributed by atoms with Crippen molar-refractivity contribution in [3.05, 3.63) is 33.2 Å². The zero-order chi connectivity index (χ0) is 17.3. The SMILES string of the molecule is Cc1cc(C(=O)N2CCN(C(=O)N(C)C)CC2)c(=O)n(C)c1C. The first-order valence-electron chi connectivity index (χ1n) is 7.66. The molecular weight excluding hydrogens is 296 g/mol. The van der Waals surface area contributed by atoms with Gasteiger partial charge in [-0.2, -0.15) is 0 Å². The van der Waals surface area contributed by atoms with Gasteiger partial charge in [0, 0.05) is 53.0 Å². The van der Waals surface area contributed by atoms with E-state index in [0.717, 1.165) is 11.3 Å². The molecule has 3 amide bonds. The highest BCUT2D eigenvalue weighted by Crippen LogP contribution is 2.11. The number of carbonyl (C=O) groups is 2. The molecule has 7 heteroatoms. The smallest absolute Gasteiger partial charge is 0.319 e. The number of aryl methyl sites for hydroxylation is 1. The number of amides is 3. The molecule has 0 N–H and O–H groups in total. The fraction of sp³-hybridized carbons (Fsp3) is 0.562. The number of pyridine rings is 1. The van der Waals surface area contributed by atoms with Crippen LogP contribution in [0.2, 0.25) is 0 Å². The molecule has 0 aromatic carbocycles. The Balaban J connectivity index is 2.15. The number of aromatic nitrogens is 1. The number of hydrogen-bond donors (Lipinski definition) is 0. The highest BCUT2D eigenvalue weighted by Gasteiger charge is 2.27. The van der Waals surface area contributed by atoms with Crippen LogP contribution >= 0.6 is 0 Å². The Hall–Kier alpha value is -2.31. The Morgan fingerprint density at radius 2 is 1.57 bits per heavy atom. The molecule has 1 aromatic heterocycles. The van der Waals surface area contributed by atoms with E-state index in [2.05, 4.69) is 0 Å². The third kappa shape index (κ3) is 3.23. The van der Waals surface area contributed by atoms with Gasteiger partial charge in [-0.15, -0.1) is 0 Å². The monoisotopic (exact) mass is 320 g/mol. The molecule has 2 heterocycles. The van der Waals surface area contributed by atoms with Gasteiger partial charge in [-0.25, -0.2) is 4.79 Å². The van der Waals surface area contributed by atoms with Crippen LogP contribution in [-0.2, 0) is 7.05 Å². The molecule has 0 aliphatic carbocycles. The number of piperazine rings is 1. The van der Waals surface area contributed by atoms with Crippen molar-refractivity contribution >= 4 is 11.9 Å². The maximum Gasteiger partial charge on any atom is 0.319 e. The highest BCUT2D eigenvalue weighted by molar-refractivity contribution is 5.94. The van der Waals surface area contributed by atoms with E-state index >= 15 is 0 Å². The number of carbonyl (C=O) groups excluding carboxylic acids is 2. The van der Waals surface area contributed by atoms with Crippen molar-refractivity contribution in [1.29, 1.82) is 0 Å². The van der Waals surface area contributed by atoms with Crippen LogP contribution in [0.3, 0.4) is 0 Å². The van der Waals surface area contributed by atoms with Crippen molar-refractivity contribution in [3.8, 4) is 0 Å². The largest absolute Gasteiger partial charge is 0.335 e. The predicted molar refractivity (Wildman–Crippen MR) is 87.7 cm³/mol. The Morgan fingerprint density at radius 1 is 1.04 bits per heavy atom. The van der Waals surface area contributed by atoms with E-state index < -0.39 is 0 Å². The third-order valence-corrected chi connectivity index (χ3v) is 4.42. The van der Waals surface area contributed by atoms with Crippen LogP contribution in [0.15, 0.2) is 10.9 Å². The normalized spacial score (nSPS) is 14.8. The van der Waals surface area contributed by atoms with Gasteiger partial charge in [0.2, 0.25) is 0 Å². The standard InChI is InChI=1S/C16H24N4O3/c1-11-10-13(14(21)18(5)12(11)2)15(22)19-6-8-20(9-7-19)16(23)17(3)4/h10H,6-9H2,1-5H3. The summed E-state index contributed by atoms with van der Waals surface area (Å²) < 4.78 is 1.51. The third-order valence-electron chi connectivity index (χ3n) is 4.42. The minimum Gasteiger partial charge on any atom is -0.335 e. The second-order valence-electron chi connectivity index (χ2n) is 6.15. The molecule has 126 valence electrons. The molecule has 0 atom stereocenters. The first kappa shape index (κ1) is 17.1. The zero-order valence-corrected chi connectivity index (χ0v) is 14.4. The predicted octanol–water partition coefficient (Wildman–Crippen LogP) is 0.442. The fourth-order valence-electron chi connectivity index (χ4n) is 2.69. The van der Waals surface area contributed by atoms with Gasteiger partial charge in [-0.05, 0) is 25.5 Å². The van der Waals surface area contributed by atoms with E-state index in [-0.39, 0.29) is 23.1 Å². The summed E-state index contributed by atoms with van der Waals surface area (Å²) in [7, 11) is 5.09.